The van der Waals surface area contributed by atoms with Crippen molar-refractivity contribution < 1.29 is 0 Å². The predicted molar refractivity (Wildman–Crippen MR) is 85.0 cm³/mol. The number of allylic oxidation sites excluding steroid dienone is 4. The number of hydrogen-bond acceptors (Lipinski definition) is 0. The molecule has 2 aliphatic rings. The van der Waals surface area contributed by atoms with Crippen molar-refractivity contribution in [2.24, 2.45) is 23.7 Å². The summed E-state index contributed by atoms with van der Waals surface area (Å²) in [5.74, 6) is 3.76. The zero-order valence-corrected chi connectivity index (χ0v) is 12.6. The molecule has 2 rings (SSSR count). The van der Waals surface area contributed by atoms with Crippen LogP contribution in [0.2, 0.25) is 0 Å². The maximum atomic E-state index is 4.23. The molecule has 0 spiro atoms. The third kappa shape index (κ3) is 4.09. The van der Waals surface area contributed by atoms with Gasteiger partial charge in [-0.2, -0.15) is 0 Å². The second-order valence-corrected chi connectivity index (χ2v) is 6.80. The highest BCUT2D eigenvalue weighted by Gasteiger charge is 2.30. The van der Waals surface area contributed by atoms with Gasteiger partial charge >= 0.3 is 0 Å². The molecule has 0 N–H and O–H groups in total. The van der Waals surface area contributed by atoms with Gasteiger partial charge in [0.05, 0.1) is 0 Å². The Hall–Kier alpha value is -0.780. The number of rotatable bonds is 4. The van der Waals surface area contributed by atoms with E-state index in [9.17, 15) is 0 Å². The Labute approximate surface area is 119 Å². The Morgan fingerprint density at radius 2 is 1.42 bits per heavy atom. The molecule has 19 heavy (non-hydrogen) atoms. The van der Waals surface area contributed by atoms with Gasteiger partial charge in [-0.1, -0.05) is 56.7 Å². The van der Waals surface area contributed by atoms with E-state index in [-0.39, 0.29) is 0 Å². The van der Waals surface area contributed by atoms with Crippen LogP contribution in [-0.4, -0.2) is 0 Å². The largest absolute Gasteiger partial charge is 0.0991 e. The summed E-state index contributed by atoms with van der Waals surface area (Å²) in [6, 6.07) is 0. The van der Waals surface area contributed by atoms with Crippen LogP contribution in [0.1, 0.15) is 58.3 Å². The van der Waals surface area contributed by atoms with Crippen LogP contribution < -0.4 is 0 Å². The molecule has 2 fully saturated rings. The summed E-state index contributed by atoms with van der Waals surface area (Å²) < 4.78 is 0. The second-order valence-electron chi connectivity index (χ2n) is 6.80. The summed E-state index contributed by atoms with van der Waals surface area (Å²) in [6.45, 7) is 10.4. The first-order valence-electron chi connectivity index (χ1n) is 8.18. The standard InChI is InChI=1S/C19H30/c1-4-5-6-16(3)17-11-13-19(14-12-17)18-9-7-15(2)8-10-18/h4-6,15,17-19H,1,3,7-14H2,2H3/b6-5-. The van der Waals surface area contributed by atoms with Gasteiger partial charge in [0.1, 0.15) is 0 Å². The molecule has 106 valence electrons. The minimum atomic E-state index is 0.731. The van der Waals surface area contributed by atoms with E-state index in [2.05, 4.69) is 26.2 Å². The summed E-state index contributed by atoms with van der Waals surface area (Å²) >= 11 is 0. The van der Waals surface area contributed by atoms with Crippen molar-refractivity contribution in [1.29, 1.82) is 0 Å². The van der Waals surface area contributed by atoms with Gasteiger partial charge in [-0.3, -0.25) is 0 Å². The predicted octanol–water partition coefficient (Wildman–Crippen LogP) is 5.92. The van der Waals surface area contributed by atoms with Gasteiger partial charge in [0.15, 0.2) is 0 Å². The van der Waals surface area contributed by atoms with Crippen molar-refractivity contribution in [2.75, 3.05) is 0 Å². The van der Waals surface area contributed by atoms with E-state index in [4.69, 9.17) is 0 Å². The highest BCUT2D eigenvalue weighted by molar-refractivity contribution is 5.21. The van der Waals surface area contributed by atoms with Gasteiger partial charge in [0.25, 0.3) is 0 Å². The van der Waals surface area contributed by atoms with Gasteiger partial charge in [0.2, 0.25) is 0 Å². The van der Waals surface area contributed by atoms with E-state index >= 15 is 0 Å². The molecule has 0 aliphatic heterocycles. The lowest BCUT2D eigenvalue weighted by atomic mass is 9.68. The molecule has 0 aromatic carbocycles. The van der Waals surface area contributed by atoms with Crippen LogP contribution >= 0.6 is 0 Å². The third-order valence-electron chi connectivity index (χ3n) is 5.47. The molecule has 0 amide bonds. The number of hydrogen-bond donors (Lipinski definition) is 0. The molecule has 0 aromatic rings. The van der Waals surface area contributed by atoms with Crippen LogP contribution in [0.3, 0.4) is 0 Å². The van der Waals surface area contributed by atoms with E-state index in [0.717, 1.165) is 23.7 Å². The van der Waals surface area contributed by atoms with Gasteiger partial charge in [-0.15, -0.1) is 0 Å². The molecular weight excluding hydrogens is 228 g/mol. The minimum Gasteiger partial charge on any atom is -0.0991 e. The van der Waals surface area contributed by atoms with E-state index in [1.807, 2.05) is 12.2 Å². The van der Waals surface area contributed by atoms with Crippen LogP contribution in [0, 0.1) is 23.7 Å². The summed E-state index contributed by atoms with van der Waals surface area (Å²) in [7, 11) is 0. The summed E-state index contributed by atoms with van der Waals surface area (Å²) in [4.78, 5) is 0. The van der Waals surface area contributed by atoms with E-state index < -0.39 is 0 Å². The molecule has 0 saturated heterocycles. The Bertz CT molecular complexity index is 320. The monoisotopic (exact) mass is 258 g/mol. The van der Waals surface area contributed by atoms with Gasteiger partial charge in [-0.05, 0) is 62.2 Å². The average molecular weight is 258 g/mol. The minimum absolute atomic E-state index is 0.731. The fourth-order valence-electron chi connectivity index (χ4n) is 4.05. The van der Waals surface area contributed by atoms with Crippen LogP contribution in [0.25, 0.3) is 0 Å². The topological polar surface area (TPSA) is 0 Å². The van der Waals surface area contributed by atoms with Crippen molar-refractivity contribution >= 4 is 0 Å². The van der Waals surface area contributed by atoms with Crippen molar-refractivity contribution in [1.82, 2.24) is 0 Å². The molecule has 0 radical (unpaired) electrons. The van der Waals surface area contributed by atoms with E-state index in [1.54, 1.807) is 0 Å². The SMILES string of the molecule is C=C/C=C\C(=C)C1CCC(C2CCC(C)CC2)CC1. The molecule has 2 aliphatic carbocycles. The first-order chi connectivity index (χ1) is 9.20. The molecule has 0 bridgehead atoms. The summed E-state index contributed by atoms with van der Waals surface area (Å²) in [5, 5.41) is 0. The Morgan fingerprint density at radius 1 is 0.895 bits per heavy atom. The molecule has 2 saturated carbocycles. The molecule has 0 nitrogen and oxygen atoms in total. The molecule has 0 heterocycles. The Balaban J connectivity index is 1.77. The molecule has 0 heteroatoms. The Morgan fingerprint density at radius 3 is 1.95 bits per heavy atom. The summed E-state index contributed by atoms with van der Waals surface area (Å²) in [5.41, 5.74) is 1.32. The zero-order chi connectivity index (χ0) is 13.7. The Kier molecular flexibility index (Phi) is 5.48. The molecule has 0 unspecified atom stereocenters. The maximum Gasteiger partial charge on any atom is -0.0168 e. The quantitative estimate of drug-likeness (QED) is 0.549. The highest BCUT2D eigenvalue weighted by atomic mass is 14.4. The lowest BCUT2D eigenvalue weighted by Gasteiger charge is -2.37. The first-order valence-corrected chi connectivity index (χ1v) is 8.18. The lowest BCUT2D eigenvalue weighted by Crippen LogP contribution is -2.25. The zero-order valence-electron chi connectivity index (χ0n) is 12.6. The summed E-state index contributed by atoms with van der Waals surface area (Å²) in [6.07, 6.45) is 17.5. The van der Waals surface area contributed by atoms with Crippen LogP contribution in [0.4, 0.5) is 0 Å². The van der Waals surface area contributed by atoms with Crippen molar-refractivity contribution in [2.45, 2.75) is 58.3 Å². The van der Waals surface area contributed by atoms with Crippen LogP contribution in [0.15, 0.2) is 37.0 Å². The van der Waals surface area contributed by atoms with Gasteiger partial charge in [-0.25, -0.2) is 0 Å². The molecule has 0 aromatic heterocycles. The van der Waals surface area contributed by atoms with Crippen LogP contribution in [-0.2, 0) is 0 Å². The smallest absolute Gasteiger partial charge is 0.0168 e. The van der Waals surface area contributed by atoms with Crippen molar-refractivity contribution in [3.8, 4) is 0 Å². The fraction of sp³-hybridized carbons (Fsp3) is 0.684. The lowest BCUT2D eigenvalue weighted by molar-refractivity contribution is 0.159. The van der Waals surface area contributed by atoms with Gasteiger partial charge < -0.3 is 0 Å². The van der Waals surface area contributed by atoms with Crippen molar-refractivity contribution in [3.05, 3.63) is 37.0 Å². The normalized spacial score (nSPS) is 36.3. The van der Waals surface area contributed by atoms with E-state index in [0.29, 0.717) is 0 Å². The first kappa shape index (κ1) is 14.6. The fourth-order valence-corrected chi connectivity index (χ4v) is 4.05. The highest BCUT2D eigenvalue weighted by Crippen LogP contribution is 2.42. The van der Waals surface area contributed by atoms with Crippen molar-refractivity contribution in [3.63, 3.8) is 0 Å². The third-order valence-corrected chi connectivity index (χ3v) is 5.47. The molecule has 0 atom stereocenters. The average Bonchev–Trinajstić information content (AvgIpc) is 2.46. The maximum absolute atomic E-state index is 4.23. The molecular formula is C19H30. The van der Waals surface area contributed by atoms with E-state index in [1.165, 1.54) is 56.9 Å². The van der Waals surface area contributed by atoms with Gasteiger partial charge in [0, 0.05) is 0 Å². The second kappa shape index (κ2) is 7.12. The van der Waals surface area contributed by atoms with Crippen LogP contribution in [0.5, 0.6) is 0 Å².